The number of aldehydes is 4. The molecule has 0 amide bonds. The van der Waals surface area contributed by atoms with Crippen LogP contribution in [0.4, 0.5) is 0 Å². The normalized spacial score (nSPS) is 10.7. The Bertz CT molecular complexity index is 1880. The van der Waals surface area contributed by atoms with Crippen LogP contribution in [0.1, 0.15) is 52.6 Å². The lowest BCUT2D eigenvalue weighted by molar-refractivity contribution is 0.111. The predicted molar refractivity (Wildman–Crippen MR) is 188 cm³/mol. The van der Waals surface area contributed by atoms with E-state index in [1.54, 1.807) is 24.3 Å². The first-order chi connectivity index (χ1) is 22.6. The van der Waals surface area contributed by atoms with Crippen LogP contribution in [0.2, 0.25) is 0 Å². The van der Waals surface area contributed by atoms with Crippen LogP contribution in [0.15, 0.2) is 109 Å². The van der Waals surface area contributed by atoms with Gasteiger partial charge in [0.25, 0.3) is 0 Å². The molecule has 46 heavy (non-hydrogen) atoms. The molecule has 0 fully saturated rings. The Labute approximate surface area is 267 Å². The predicted octanol–water partition coefficient (Wildman–Crippen LogP) is 7.36. The number of carbonyl (C=O) groups is 4. The smallest absolute Gasteiger partial charge is 0.150 e. The van der Waals surface area contributed by atoms with Crippen LogP contribution in [-0.2, 0) is 12.8 Å². The Morgan fingerprint density at radius 3 is 0.891 bits per heavy atom. The summed E-state index contributed by atoms with van der Waals surface area (Å²) in [5, 5.41) is 6.40. The van der Waals surface area contributed by atoms with E-state index in [1.807, 2.05) is 60.7 Å². The quantitative estimate of drug-likeness (QED) is 0.106. The topological polar surface area (TPSA) is 120 Å². The maximum Gasteiger partial charge on any atom is 0.150 e. The van der Waals surface area contributed by atoms with Crippen LogP contribution in [0, 0.1) is 0 Å². The molecule has 7 rings (SSSR count). The zero-order valence-electron chi connectivity index (χ0n) is 25.3. The van der Waals surface area contributed by atoms with Crippen LogP contribution < -0.4 is 11.5 Å². The van der Waals surface area contributed by atoms with E-state index in [0.29, 0.717) is 33.0 Å². The van der Waals surface area contributed by atoms with Gasteiger partial charge in [0, 0.05) is 33.0 Å². The second-order valence-corrected chi connectivity index (χ2v) is 10.8. The summed E-state index contributed by atoms with van der Waals surface area (Å²) in [5.74, 6) is 0. The molecule has 0 aromatic heterocycles. The van der Waals surface area contributed by atoms with Gasteiger partial charge >= 0.3 is 0 Å². The fourth-order valence-electron chi connectivity index (χ4n) is 6.01. The zero-order valence-corrected chi connectivity index (χ0v) is 25.3. The third-order valence-corrected chi connectivity index (χ3v) is 8.09. The lowest BCUT2D eigenvalue weighted by Gasteiger charge is -2.17. The van der Waals surface area contributed by atoms with E-state index in [1.165, 1.54) is 11.1 Å². The van der Waals surface area contributed by atoms with E-state index in [4.69, 9.17) is 11.5 Å². The second kappa shape index (κ2) is 14.9. The van der Waals surface area contributed by atoms with Crippen molar-refractivity contribution in [2.24, 2.45) is 11.5 Å². The largest absolute Gasteiger partial charge is 0.330 e. The van der Waals surface area contributed by atoms with E-state index < -0.39 is 0 Å². The Hall–Kier alpha value is -5.56. The highest BCUT2D eigenvalue weighted by Crippen LogP contribution is 2.43. The Balaban J connectivity index is 0.000000189. The Kier molecular flexibility index (Phi) is 10.4. The van der Waals surface area contributed by atoms with Gasteiger partial charge in [-0.15, -0.1) is 0 Å². The minimum Gasteiger partial charge on any atom is -0.330 e. The fourth-order valence-corrected chi connectivity index (χ4v) is 6.01. The van der Waals surface area contributed by atoms with E-state index in [0.717, 1.165) is 83.4 Å². The molecular formula is C40H34N2O4. The molecule has 0 aliphatic rings. The molecule has 228 valence electrons. The maximum atomic E-state index is 11.6. The fraction of sp³-hybridized carbons (Fsp3) is 0.100. The van der Waals surface area contributed by atoms with Gasteiger partial charge in [0.15, 0.2) is 25.1 Å². The number of rotatable bonds is 8. The van der Waals surface area contributed by atoms with Crippen molar-refractivity contribution in [3.8, 4) is 0 Å². The van der Waals surface area contributed by atoms with Gasteiger partial charge < -0.3 is 11.5 Å². The van der Waals surface area contributed by atoms with Crippen LogP contribution in [0.3, 0.4) is 0 Å². The van der Waals surface area contributed by atoms with Gasteiger partial charge in [-0.1, -0.05) is 109 Å². The average Bonchev–Trinajstić information content (AvgIpc) is 3.11. The van der Waals surface area contributed by atoms with Crippen molar-refractivity contribution in [1.29, 1.82) is 0 Å². The molecule has 0 bridgehead atoms. The highest BCUT2D eigenvalue weighted by atomic mass is 16.1. The van der Waals surface area contributed by atoms with Crippen LogP contribution in [0.5, 0.6) is 0 Å². The molecule has 7 aromatic rings. The standard InChI is InChI=1S/C24H12O4.2C8H11N/c25-9-13-1-5-17-18-6-3-15(11-27)22-16(12-28)4-8-20(24(18)22)19-7-2-14(10-26)21(13)23(17)19;2*9-7-6-8-4-2-1-3-5-8/h1-12H;2*1-5H,6-7,9H2. The summed E-state index contributed by atoms with van der Waals surface area (Å²) >= 11 is 0. The van der Waals surface area contributed by atoms with Gasteiger partial charge in [-0.05, 0) is 69.4 Å². The third-order valence-electron chi connectivity index (χ3n) is 8.09. The highest BCUT2D eigenvalue weighted by molar-refractivity contribution is 6.36. The number of hydrogen-bond donors (Lipinski definition) is 2. The molecule has 0 aliphatic carbocycles. The summed E-state index contributed by atoms with van der Waals surface area (Å²) in [5.41, 5.74) is 15.2. The average molecular weight is 607 g/mol. The first-order valence-electron chi connectivity index (χ1n) is 15.1. The van der Waals surface area contributed by atoms with Crippen molar-refractivity contribution in [2.75, 3.05) is 13.1 Å². The molecule has 0 heterocycles. The van der Waals surface area contributed by atoms with Crippen molar-refractivity contribution in [3.05, 3.63) is 143 Å². The van der Waals surface area contributed by atoms with Crippen molar-refractivity contribution >= 4 is 68.2 Å². The SMILES string of the molecule is NCCc1ccccc1.NCCc1ccccc1.O=Cc1ccc2c3ccc(C=O)c4c(C=O)ccc(c5ccc(C=O)c1c25)c43. The number of benzene rings is 7. The Morgan fingerprint density at radius 2 is 0.652 bits per heavy atom. The van der Waals surface area contributed by atoms with Crippen molar-refractivity contribution in [2.45, 2.75) is 12.8 Å². The molecule has 0 atom stereocenters. The van der Waals surface area contributed by atoms with Crippen molar-refractivity contribution in [1.82, 2.24) is 0 Å². The lowest BCUT2D eigenvalue weighted by Crippen LogP contribution is -2.01. The summed E-state index contributed by atoms with van der Waals surface area (Å²) < 4.78 is 0. The van der Waals surface area contributed by atoms with Crippen molar-refractivity contribution in [3.63, 3.8) is 0 Å². The summed E-state index contributed by atoms with van der Waals surface area (Å²) in [6, 6.07) is 34.8. The second-order valence-electron chi connectivity index (χ2n) is 10.8. The van der Waals surface area contributed by atoms with Gasteiger partial charge in [0.1, 0.15) is 0 Å². The molecule has 6 nitrogen and oxygen atoms in total. The van der Waals surface area contributed by atoms with Crippen molar-refractivity contribution < 1.29 is 19.2 Å². The zero-order chi connectivity index (χ0) is 32.5. The number of hydrogen-bond acceptors (Lipinski definition) is 6. The maximum absolute atomic E-state index is 11.6. The van der Waals surface area contributed by atoms with Crippen LogP contribution >= 0.6 is 0 Å². The summed E-state index contributed by atoms with van der Waals surface area (Å²) in [4.78, 5) is 46.5. The molecule has 0 unspecified atom stereocenters. The number of fused-ring (bicyclic) bond motifs is 2. The highest BCUT2D eigenvalue weighted by Gasteiger charge is 2.19. The Morgan fingerprint density at radius 1 is 0.370 bits per heavy atom. The monoisotopic (exact) mass is 606 g/mol. The minimum atomic E-state index is 0.455. The third kappa shape index (κ3) is 6.31. The summed E-state index contributed by atoms with van der Waals surface area (Å²) in [6.07, 6.45) is 5.00. The molecule has 0 radical (unpaired) electrons. The van der Waals surface area contributed by atoms with Gasteiger partial charge in [-0.25, -0.2) is 0 Å². The first kappa shape index (κ1) is 31.9. The van der Waals surface area contributed by atoms with Crippen LogP contribution in [0.25, 0.3) is 43.1 Å². The first-order valence-corrected chi connectivity index (χ1v) is 15.1. The molecular weight excluding hydrogens is 572 g/mol. The number of nitrogens with two attached hydrogens (primary N) is 2. The summed E-state index contributed by atoms with van der Waals surface area (Å²) in [7, 11) is 0. The van der Waals surface area contributed by atoms with Crippen LogP contribution in [-0.4, -0.2) is 38.2 Å². The minimum absolute atomic E-state index is 0.455. The molecule has 4 N–H and O–H groups in total. The molecule has 0 saturated carbocycles. The molecule has 0 spiro atoms. The van der Waals surface area contributed by atoms with E-state index in [2.05, 4.69) is 24.3 Å². The van der Waals surface area contributed by atoms with Gasteiger partial charge in [-0.2, -0.15) is 0 Å². The van der Waals surface area contributed by atoms with E-state index in [-0.39, 0.29) is 0 Å². The number of carbonyl (C=O) groups excluding carboxylic acids is 4. The molecule has 6 heteroatoms. The molecule has 0 aliphatic heterocycles. The summed E-state index contributed by atoms with van der Waals surface area (Å²) in [6.45, 7) is 1.48. The van der Waals surface area contributed by atoms with Gasteiger partial charge in [0.2, 0.25) is 0 Å². The molecule has 0 saturated heterocycles. The van der Waals surface area contributed by atoms with E-state index in [9.17, 15) is 19.2 Å². The molecule has 7 aromatic carbocycles. The van der Waals surface area contributed by atoms with Gasteiger partial charge in [0.05, 0.1) is 0 Å². The van der Waals surface area contributed by atoms with Gasteiger partial charge in [-0.3, -0.25) is 19.2 Å². The van der Waals surface area contributed by atoms with E-state index >= 15 is 0 Å². The lowest BCUT2D eigenvalue weighted by atomic mass is 9.85.